The van der Waals surface area contributed by atoms with Crippen LogP contribution >= 0.6 is 0 Å². The number of imidazole rings is 1. The Bertz CT molecular complexity index is 1270. The Hall–Kier alpha value is -3.80. The van der Waals surface area contributed by atoms with Crippen molar-refractivity contribution in [2.75, 3.05) is 36.0 Å². The molecule has 1 N–H and O–H groups in total. The van der Waals surface area contributed by atoms with Crippen molar-refractivity contribution in [3.63, 3.8) is 0 Å². The first-order chi connectivity index (χ1) is 16.6. The lowest BCUT2D eigenvalue weighted by Crippen LogP contribution is -2.46. The summed E-state index contributed by atoms with van der Waals surface area (Å²) in [5, 5.41) is 3.09. The Morgan fingerprint density at radius 3 is 2.21 bits per heavy atom. The van der Waals surface area contributed by atoms with Gasteiger partial charge in [0, 0.05) is 50.3 Å². The van der Waals surface area contributed by atoms with Crippen molar-refractivity contribution in [3.8, 4) is 0 Å². The number of carbonyl (C=O) groups excluding carboxylic acids is 1. The van der Waals surface area contributed by atoms with E-state index in [1.54, 1.807) is 0 Å². The molecule has 34 heavy (non-hydrogen) atoms. The number of carbonyl (C=O) groups is 1. The molecule has 6 heteroatoms. The van der Waals surface area contributed by atoms with Gasteiger partial charge in [-0.1, -0.05) is 37.3 Å². The second-order valence-electron chi connectivity index (χ2n) is 8.85. The van der Waals surface area contributed by atoms with Gasteiger partial charge in [0.15, 0.2) is 0 Å². The average Bonchev–Trinajstić information content (AvgIpc) is 3.26. The van der Waals surface area contributed by atoms with Crippen LogP contribution in [-0.4, -0.2) is 41.5 Å². The van der Waals surface area contributed by atoms with Crippen molar-refractivity contribution in [2.24, 2.45) is 0 Å². The molecule has 174 valence electrons. The minimum atomic E-state index is -0.0886. The molecule has 0 radical (unpaired) electrons. The van der Waals surface area contributed by atoms with Gasteiger partial charge in [0.25, 0.3) is 5.91 Å². The summed E-state index contributed by atoms with van der Waals surface area (Å²) in [5.74, 6) is -0.0886. The summed E-state index contributed by atoms with van der Waals surface area (Å²) < 4.78 is 1.89. The number of benzene rings is 2. The molecule has 6 nitrogen and oxygen atoms in total. The van der Waals surface area contributed by atoms with E-state index in [0.717, 1.165) is 55.1 Å². The number of amides is 1. The third-order valence-electron chi connectivity index (χ3n) is 6.56. The maximum atomic E-state index is 13.0. The van der Waals surface area contributed by atoms with Crippen molar-refractivity contribution < 1.29 is 4.79 Å². The van der Waals surface area contributed by atoms with Crippen molar-refractivity contribution >= 4 is 22.9 Å². The zero-order valence-corrected chi connectivity index (χ0v) is 19.9. The molecule has 1 aliphatic rings. The number of anilines is 2. The molecule has 0 spiro atoms. The minimum absolute atomic E-state index is 0.0886. The summed E-state index contributed by atoms with van der Waals surface area (Å²) >= 11 is 0. The molecule has 1 saturated heterocycles. The normalized spacial score (nSPS) is 13.9. The number of hydrogen-bond donors (Lipinski definition) is 1. The summed E-state index contributed by atoms with van der Waals surface area (Å²) in [6.45, 7) is 8.58. The molecule has 4 aromatic rings. The number of nitrogens with zero attached hydrogens (tertiary/aromatic N) is 4. The average molecular weight is 454 g/mol. The molecule has 1 aliphatic heterocycles. The lowest BCUT2D eigenvalue weighted by atomic mass is 10.1. The molecular weight excluding hydrogens is 422 g/mol. The van der Waals surface area contributed by atoms with Gasteiger partial charge in [0.1, 0.15) is 11.3 Å². The number of nitrogens with one attached hydrogen (secondary N) is 1. The summed E-state index contributed by atoms with van der Waals surface area (Å²) in [6.07, 6.45) is 2.65. The number of hydrogen-bond acceptors (Lipinski definition) is 4. The molecule has 2 aromatic carbocycles. The van der Waals surface area contributed by atoms with Gasteiger partial charge in [0.2, 0.25) is 0 Å². The number of piperazine rings is 1. The first-order valence-corrected chi connectivity index (χ1v) is 12.0. The van der Waals surface area contributed by atoms with Crippen LogP contribution in [0, 0.1) is 6.92 Å². The van der Waals surface area contributed by atoms with Crippen LogP contribution in [0.15, 0.2) is 72.9 Å². The smallest absolute Gasteiger partial charge is 0.270 e. The van der Waals surface area contributed by atoms with E-state index >= 15 is 0 Å². The number of para-hydroxylation sites is 1. The van der Waals surface area contributed by atoms with Crippen LogP contribution in [0.4, 0.5) is 11.4 Å². The van der Waals surface area contributed by atoms with Crippen LogP contribution in [0.25, 0.3) is 5.65 Å². The van der Waals surface area contributed by atoms with E-state index in [1.807, 2.05) is 36.6 Å². The highest BCUT2D eigenvalue weighted by Gasteiger charge is 2.19. The zero-order valence-electron chi connectivity index (χ0n) is 19.9. The van der Waals surface area contributed by atoms with Gasteiger partial charge in [-0.25, -0.2) is 4.98 Å². The SMILES string of the molecule is CCc1nc2cc(C)ccn2c1C(=O)NCc1ccc(N2CCN(c3ccccc3)CC2)cc1. The number of rotatable bonds is 6. The third kappa shape index (κ3) is 4.49. The second kappa shape index (κ2) is 9.59. The fourth-order valence-electron chi connectivity index (χ4n) is 4.63. The molecule has 0 atom stereocenters. The van der Waals surface area contributed by atoms with E-state index in [0.29, 0.717) is 12.2 Å². The molecule has 2 aromatic heterocycles. The zero-order chi connectivity index (χ0) is 23.5. The second-order valence-corrected chi connectivity index (χ2v) is 8.85. The predicted molar refractivity (Wildman–Crippen MR) is 138 cm³/mol. The molecule has 0 unspecified atom stereocenters. The lowest BCUT2D eigenvalue weighted by molar-refractivity contribution is 0.0944. The quantitative estimate of drug-likeness (QED) is 0.468. The number of pyridine rings is 1. The van der Waals surface area contributed by atoms with Gasteiger partial charge in [0.05, 0.1) is 5.69 Å². The van der Waals surface area contributed by atoms with E-state index in [4.69, 9.17) is 0 Å². The Kier molecular flexibility index (Phi) is 6.21. The van der Waals surface area contributed by atoms with Crippen molar-refractivity contribution in [2.45, 2.75) is 26.8 Å². The highest BCUT2D eigenvalue weighted by molar-refractivity contribution is 5.94. The fraction of sp³-hybridized carbons (Fsp3) is 0.286. The van der Waals surface area contributed by atoms with Crippen molar-refractivity contribution in [1.29, 1.82) is 0 Å². The molecule has 5 rings (SSSR count). The first kappa shape index (κ1) is 22.0. The molecule has 0 bridgehead atoms. The van der Waals surface area contributed by atoms with E-state index in [2.05, 4.69) is 74.7 Å². The van der Waals surface area contributed by atoms with Crippen molar-refractivity contribution in [3.05, 3.63) is 95.4 Å². The Morgan fingerprint density at radius 2 is 1.56 bits per heavy atom. The van der Waals surface area contributed by atoms with E-state index in [-0.39, 0.29) is 5.91 Å². The summed E-state index contributed by atoms with van der Waals surface area (Å²) in [6, 6.07) is 23.2. The largest absolute Gasteiger partial charge is 0.368 e. The number of aromatic nitrogens is 2. The Morgan fingerprint density at radius 1 is 0.912 bits per heavy atom. The van der Waals surface area contributed by atoms with E-state index < -0.39 is 0 Å². The predicted octanol–water partition coefficient (Wildman–Crippen LogP) is 4.46. The van der Waals surface area contributed by atoms with E-state index in [1.165, 1.54) is 11.4 Å². The van der Waals surface area contributed by atoms with Crippen molar-refractivity contribution in [1.82, 2.24) is 14.7 Å². The monoisotopic (exact) mass is 453 g/mol. The number of fused-ring (bicyclic) bond motifs is 1. The van der Waals surface area contributed by atoms with Crippen LogP contribution in [-0.2, 0) is 13.0 Å². The topological polar surface area (TPSA) is 52.9 Å². The molecular formula is C28H31N5O. The molecule has 1 fully saturated rings. The summed E-state index contributed by atoms with van der Waals surface area (Å²) in [4.78, 5) is 22.5. The molecule has 1 amide bonds. The van der Waals surface area contributed by atoms with Crippen LogP contribution in [0.5, 0.6) is 0 Å². The van der Waals surface area contributed by atoms with Gasteiger partial charge < -0.3 is 15.1 Å². The van der Waals surface area contributed by atoms with Gasteiger partial charge in [-0.3, -0.25) is 9.20 Å². The summed E-state index contributed by atoms with van der Waals surface area (Å²) in [5.41, 5.74) is 7.02. The minimum Gasteiger partial charge on any atom is -0.368 e. The third-order valence-corrected chi connectivity index (χ3v) is 6.56. The fourth-order valence-corrected chi connectivity index (χ4v) is 4.63. The highest BCUT2D eigenvalue weighted by atomic mass is 16.1. The molecule has 3 heterocycles. The maximum Gasteiger partial charge on any atom is 0.270 e. The maximum absolute atomic E-state index is 13.0. The highest BCUT2D eigenvalue weighted by Crippen LogP contribution is 2.21. The Balaban J connectivity index is 1.20. The van der Waals surface area contributed by atoms with Gasteiger partial charge in [-0.15, -0.1) is 0 Å². The van der Waals surface area contributed by atoms with Crippen LogP contribution < -0.4 is 15.1 Å². The van der Waals surface area contributed by atoms with Gasteiger partial charge in [-0.2, -0.15) is 0 Å². The van der Waals surface area contributed by atoms with Gasteiger partial charge >= 0.3 is 0 Å². The van der Waals surface area contributed by atoms with Crippen LogP contribution in [0.1, 0.15) is 34.2 Å². The number of aryl methyl sites for hydroxylation is 2. The van der Waals surface area contributed by atoms with E-state index in [9.17, 15) is 4.79 Å². The van der Waals surface area contributed by atoms with Gasteiger partial charge in [-0.05, 0) is 60.9 Å². The molecule has 0 saturated carbocycles. The Labute approximate surface area is 200 Å². The van der Waals surface area contributed by atoms with Crippen LogP contribution in [0.2, 0.25) is 0 Å². The lowest BCUT2D eigenvalue weighted by Gasteiger charge is -2.37. The molecule has 0 aliphatic carbocycles. The standard InChI is InChI=1S/C28H31N5O/c1-3-25-27(33-14-13-21(2)19-26(33)30-25)28(34)29-20-22-9-11-24(12-10-22)32-17-15-31(16-18-32)23-7-5-4-6-8-23/h4-14,19H,3,15-18,20H2,1-2H3,(H,29,34). The van der Waals surface area contributed by atoms with Crippen LogP contribution in [0.3, 0.4) is 0 Å². The summed E-state index contributed by atoms with van der Waals surface area (Å²) in [7, 11) is 0. The first-order valence-electron chi connectivity index (χ1n) is 12.0.